The highest BCUT2D eigenvalue weighted by atomic mass is 19.4. The Kier molecular flexibility index (Phi) is 5.48. The van der Waals surface area contributed by atoms with Crippen LogP contribution in [-0.4, -0.2) is 47.9 Å². The molecule has 0 spiro atoms. The van der Waals surface area contributed by atoms with Crippen molar-refractivity contribution >= 4 is 6.03 Å². The monoisotopic (exact) mass is 332 g/mol. The van der Waals surface area contributed by atoms with E-state index in [1.807, 2.05) is 0 Å². The largest absolute Gasteiger partial charge is 0.416 e. The number of carbonyl (C=O) groups is 1. The molecule has 1 fully saturated rings. The molecule has 2 amide bonds. The maximum Gasteiger partial charge on any atom is 0.416 e. The fraction of sp³-hybridized carbons (Fsp3) is 0.533. The van der Waals surface area contributed by atoms with Crippen molar-refractivity contribution in [3.63, 3.8) is 0 Å². The highest BCUT2D eigenvalue weighted by molar-refractivity contribution is 5.75. The van der Waals surface area contributed by atoms with E-state index in [-0.39, 0.29) is 25.3 Å². The van der Waals surface area contributed by atoms with Gasteiger partial charge in [-0.2, -0.15) is 13.2 Å². The zero-order valence-electron chi connectivity index (χ0n) is 12.6. The van der Waals surface area contributed by atoms with Gasteiger partial charge in [0.15, 0.2) is 0 Å². The molecule has 1 aromatic carbocycles. The minimum absolute atomic E-state index is 0.0672. The van der Waals surface area contributed by atoms with Crippen LogP contribution in [0.5, 0.6) is 0 Å². The zero-order chi connectivity index (χ0) is 17.0. The summed E-state index contributed by atoms with van der Waals surface area (Å²) in [6.07, 6.45) is -5.18. The van der Waals surface area contributed by atoms with Crippen LogP contribution in [0.1, 0.15) is 18.1 Å². The van der Waals surface area contributed by atoms with Gasteiger partial charge in [0.05, 0.1) is 37.5 Å². The Labute approximate surface area is 132 Å². The second-order valence-corrected chi connectivity index (χ2v) is 5.57. The number of halogens is 3. The molecular formula is C15H19F3N2O3. The van der Waals surface area contributed by atoms with Crippen LogP contribution in [0.15, 0.2) is 24.3 Å². The number of aliphatic hydroxyl groups excluding tert-OH is 1. The summed E-state index contributed by atoms with van der Waals surface area (Å²) in [6.45, 7) is 2.56. The van der Waals surface area contributed by atoms with Crippen LogP contribution in [0.2, 0.25) is 0 Å². The molecule has 1 heterocycles. The van der Waals surface area contributed by atoms with Gasteiger partial charge in [-0.25, -0.2) is 4.79 Å². The average Bonchev–Trinajstić information content (AvgIpc) is 2.42. The quantitative estimate of drug-likeness (QED) is 0.867. The summed E-state index contributed by atoms with van der Waals surface area (Å²) in [5.74, 6) is 0. The first-order chi connectivity index (χ1) is 10.8. The van der Waals surface area contributed by atoms with Crippen molar-refractivity contribution in [2.24, 2.45) is 0 Å². The van der Waals surface area contributed by atoms with Gasteiger partial charge in [0.1, 0.15) is 0 Å². The average molecular weight is 332 g/mol. The smallest absolute Gasteiger partial charge is 0.392 e. The summed E-state index contributed by atoms with van der Waals surface area (Å²) < 4.78 is 43.3. The van der Waals surface area contributed by atoms with Gasteiger partial charge in [-0.05, 0) is 24.6 Å². The van der Waals surface area contributed by atoms with Crippen molar-refractivity contribution in [1.29, 1.82) is 0 Å². The van der Waals surface area contributed by atoms with Gasteiger partial charge in [-0.3, -0.25) is 0 Å². The standard InChI is InChI=1S/C15H19F3N2O3/c1-10(21)6-19-14(22)20-7-13(8-20)23-9-11-3-2-4-12(5-11)15(16,17)18/h2-5,10,13,21H,6-9H2,1H3,(H,19,22)/t10-/m0/s1. The first-order valence-electron chi connectivity index (χ1n) is 7.24. The molecule has 0 aliphatic carbocycles. The van der Waals surface area contributed by atoms with E-state index in [0.717, 1.165) is 12.1 Å². The number of nitrogens with one attached hydrogen (secondary N) is 1. The number of alkyl halides is 3. The zero-order valence-corrected chi connectivity index (χ0v) is 12.6. The Morgan fingerprint density at radius 2 is 2.17 bits per heavy atom. The van der Waals surface area contributed by atoms with Crippen molar-refractivity contribution in [3.05, 3.63) is 35.4 Å². The molecule has 1 aliphatic rings. The van der Waals surface area contributed by atoms with Gasteiger partial charge in [0.25, 0.3) is 0 Å². The summed E-state index contributed by atoms with van der Waals surface area (Å²) >= 11 is 0. The number of ether oxygens (including phenoxy) is 1. The fourth-order valence-corrected chi connectivity index (χ4v) is 2.11. The van der Waals surface area contributed by atoms with E-state index in [1.165, 1.54) is 11.0 Å². The van der Waals surface area contributed by atoms with Crippen LogP contribution in [0.4, 0.5) is 18.0 Å². The number of benzene rings is 1. The summed E-state index contributed by atoms with van der Waals surface area (Å²) in [7, 11) is 0. The van der Waals surface area contributed by atoms with Crippen LogP contribution in [0.25, 0.3) is 0 Å². The minimum Gasteiger partial charge on any atom is -0.392 e. The summed E-state index contributed by atoms with van der Waals surface area (Å²) in [6, 6.07) is 4.70. The molecule has 2 rings (SSSR count). The lowest BCUT2D eigenvalue weighted by Crippen LogP contribution is -2.58. The summed E-state index contributed by atoms with van der Waals surface area (Å²) in [5, 5.41) is 11.6. The number of hydrogen-bond acceptors (Lipinski definition) is 3. The topological polar surface area (TPSA) is 61.8 Å². The molecule has 23 heavy (non-hydrogen) atoms. The molecule has 2 N–H and O–H groups in total. The maximum absolute atomic E-state index is 12.6. The van der Waals surface area contributed by atoms with E-state index in [1.54, 1.807) is 13.0 Å². The van der Waals surface area contributed by atoms with E-state index in [2.05, 4.69) is 5.32 Å². The number of aliphatic hydroxyl groups is 1. The number of hydrogen-bond donors (Lipinski definition) is 2. The Hall–Kier alpha value is -1.80. The lowest BCUT2D eigenvalue weighted by atomic mass is 10.1. The Morgan fingerprint density at radius 3 is 2.78 bits per heavy atom. The first-order valence-corrected chi connectivity index (χ1v) is 7.24. The second kappa shape index (κ2) is 7.18. The molecule has 1 atom stereocenters. The Morgan fingerprint density at radius 1 is 1.48 bits per heavy atom. The van der Waals surface area contributed by atoms with Gasteiger partial charge in [0.2, 0.25) is 0 Å². The van der Waals surface area contributed by atoms with E-state index in [0.29, 0.717) is 18.7 Å². The third-order valence-electron chi connectivity index (χ3n) is 3.42. The van der Waals surface area contributed by atoms with E-state index in [4.69, 9.17) is 9.84 Å². The molecule has 8 heteroatoms. The molecule has 5 nitrogen and oxygen atoms in total. The van der Waals surface area contributed by atoms with Gasteiger partial charge in [-0.15, -0.1) is 0 Å². The number of amides is 2. The maximum atomic E-state index is 12.6. The predicted molar refractivity (Wildman–Crippen MR) is 76.7 cm³/mol. The number of likely N-dealkylation sites (tertiary alicyclic amines) is 1. The molecule has 128 valence electrons. The van der Waals surface area contributed by atoms with Crippen molar-refractivity contribution in [1.82, 2.24) is 10.2 Å². The predicted octanol–water partition coefficient (Wildman–Crippen LogP) is 2.00. The molecule has 0 radical (unpaired) electrons. The highest BCUT2D eigenvalue weighted by Crippen LogP contribution is 2.29. The van der Waals surface area contributed by atoms with Gasteiger partial charge >= 0.3 is 12.2 Å². The summed E-state index contributed by atoms with van der Waals surface area (Å²) in [5.41, 5.74) is -0.261. The Balaban J connectivity index is 1.74. The van der Waals surface area contributed by atoms with Gasteiger partial charge < -0.3 is 20.1 Å². The van der Waals surface area contributed by atoms with E-state index >= 15 is 0 Å². The third-order valence-corrected chi connectivity index (χ3v) is 3.42. The molecule has 1 aromatic rings. The summed E-state index contributed by atoms with van der Waals surface area (Å²) in [4.78, 5) is 13.1. The number of carbonyl (C=O) groups excluding carboxylic acids is 1. The molecule has 0 saturated carbocycles. The van der Waals surface area contributed by atoms with Crippen LogP contribution in [-0.2, 0) is 17.5 Å². The van der Waals surface area contributed by atoms with Gasteiger partial charge in [0, 0.05) is 6.54 Å². The van der Waals surface area contributed by atoms with Crippen LogP contribution in [0.3, 0.4) is 0 Å². The van der Waals surface area contributed by atoms with E-state index < -0.39 is 17.8 Å². The normalized spacial score (nSPS) is 16.8. The SMILES string of the molecule is C[C@H](O)CNC(=O)N1CC(OCc2cccc(C(F)(F)F)c2)C1. The van der Waals surface area contributed by atoms with Crippen LogP contribution < -0.4 is 5.32 Å². The molecule has 1 saturated heterocycles. The molecule has 0 unspecified atom stereocenters. The number of rotatable bonds is 5. The lowest BCUT2D eigenvalue weighted by molar-refractivity contribution is -0.137. The van der Waals surface area contributed by atoms with Crippen molar-refractivity contribution in [2.75, 3.05) is 19.6 Å². The highest BCUT2D eigenvalue weighted by Gasteiger charge is 2.32. The fourth-order valence-electron chi connectivity index (χ4n) is 2.11. The molecule has 1 aliphatic heterocycles. The van der Waals surface area contributed by atoms with Crippen molar-refractivity contribution < 1.29 is 27.8 Å². The molecule has 0 aromatic heterocycles. The van der Waals surface area contributed by atoms with E-state index in [9.17, 15) is 18.0 Å². The molecule has 0 bridgehead atoms. The molecular weight excluding hydrogens is 313 g/mol. The van der Waals surface area contributed by atoms with Crippen molar-refractivity contribution in [3.8, 4) is 0 Å². The van der Waals surface area contributed by atoms with Crippen LogP contribution in [0, 0.1) is 0 Å². The second-order valence-electron chi connectivity index (χ2n) is 5.57. The number of nitrogens with zero attached hydrogens (tertiary/aromatic N) is 1. The first kappa shape index (κ1) is 17.6. The number of urea groups is 1. The van der Waals surface area contributed by atoms with Crippen molar-refractivity contribution in [2.45, 2.75) is 31.9 Å². The van der Waals surface area contributed by atoms with Gasteiger partial charge in [-0.1, -0.05) is 12.1 Å². The lowest BCUT2D eigenvalue weighted by Gasteiger charge is -2.38. The third kappa shape index (κ3) is 5.11. The Bertz CT molecular complexity index is 543. The van der Waals surface area contributed by atoms with Crippen LogP contribution >= 0.6 is 0 Å². The minimum atomic E-state index is -4.37.